The van der Waals surface area contributed by atoms with Crippen LogP contribution in [0.15, 0.2) is 5.38 Å². The summed E-state index contributed by atoms with van der Waals surface area (Å²) in [6.07, 6.45) is 0.0284. The van der Waals surface area contributed by atoms with Gasteiger partial charge in [-0.3, -0.25) is 0 Å². The molecule has 0 fully saturated rings. The molecule has 1 aromatic rings. The molecule has 1 aliphatic rings. The summed E-state index contributed by atoms with van der Waals surface area (Å²) in [5, 5.41) is 10.4. The van der Waals surface area contributed by atoms with E-state index in [1.165, 1.54) is 11.3 Å². The van der Waals surface area contributed by atoms with E-state index >= 15 is 0 Å². The van der Waals surface area contributed by atoms with Crippen LogP contribution in [0, 0.1) is 11.3 Å². The minimum atomic E-state index is -2.57. The van der Waals surface area contributed by atoms with Crippen LogP contribution in [0.1, 0.15) is 22.4 Å². The van der Waals surface area contributed by atoms with Gasteiger partial charge in [0, 0.05) is 12.8 Å². The predicted molar refractivity (Wildman–Crippen MR) is 46.0 cm³/mol. The first-order chi connectivity index (χ1) is 6.12. The zero-order valence-corrected chi connectivity index (χ0v) is 7.63. The summed E-state index contributed by atoms with van der Waals surface area (Å²) < 4.78 is 25.8. The Labute approximate surface area is 78.6 Å². The molecule has 0 spiro atoms. The van der Waals surface area contributed by atoms with Crippen molar-refractivity contribution in [3.63, 3.8) is 0 Å². The highest BCUT2D eigenvalue weighted by molar-refractivity contribution is 7.10. The number of nitriles is 1. The van der Waals surface area contributed by atoms with Crippen molar-refractivity contribution in [2.24, 2.45) is 0 Å². The van der Waals surface area contributed by atoms with Crippen molar-refractivity contribution in [2.45, 2.75) is 25.2 Å². The van der Waals surface area contributed by atoms with Crippen LogP contribution in [0.5, 0.6) is 0 Å². The molecule has 2 rings (SSSR count). The molecule has 1 nitrogen and oxygen atoms in total. The van der Waals surface area contributed by atoms with E-state index in [4.69, 9.17) is 5.26 Å². The average Bonchev–Trinajstić information content (AvgIpc) is 2.44. The number of alkyl halides is 2. The summed E-state index contributed by atoms with van der Waals surface area (Å²) in [5.74, 6) is -2.57. The van der Waals surface area contributed by atoms with Gasteiger partial charge in [-0.25, -0.2) is 8.78 Å². The van der Waals surface area contributed by atoms with Crippen LogP contribution in [0.3, 0.4) is 0 Å². The van der Waals surface area contributed by atoms with E-state index in [1.54, 1.807) is 5.38 Å². The minimum Gasteiger partial charge on any atom is -0.207 e. The lowest BCUT2D eigenvalue weighted by atomic mass is 9.91. The SMILES string of the molecule is N#Cc1scc2c1CCC(F)(F)C2. The van der Waals surface area contributed by atoms with Gasteiger partial charge in [0.05, 0.1) is 0 Å². The van der Waals surface area contributed by atoms with Crippen LogP contribution in [0.4, 0.5) is 8.78 Å². The molecule has 0 saturated heterocycles. The van der Waals surface area contributed by atoms with Gasteiger partial charge in [-0.2, -0.15) is 5.26 Å². The van der Waals surface area contributed by atoms with Gasteiger partial charge < -0.3 is 0 Å². The molecule has 0 atom stereocenters. The molecule has 1 heterocycles. The second-order valence-electron chi connectivity index (χ2n) is 3.21. The van der Waals surface area contributed by atoms with Gasteiger partial charge >= 0.3 is 0 Å². The lowest BCUT2D eigenvalue weighted by Crippen LogP contribution is -2.25. The number of thiophene rings is 1. The molecule has 0 saturated carbocycles. The van der Waals surface area contributed by atoms with Crippen LogP contribution in [-0.4, -0.2) is 5.92 Å². The second-order valence-corrected chi connectivity index (χ2v) is 4.09. The second kappa shape index (κ2) is 2.78. The van der Waals surface area contributed by atoms with Crippen molar-refractivity contribution in [3.05, 3.63) is 21.4 Å². The maximum absolute atomic E-state index is 12.9. The molecule has 4 heteroatoms. The van der Waals surface area contributed by atoms with Gasteiger partial charge in [0.2, 0.25) is 0 Å². The molecule has 0 radical (unpaired) electrons. The van der Waals surface area contributed by atoms with Crippen molar-refractivity contribution in [1.29, 1.82) is 5.26 Å². The van der Waals surface area contributed by atoms with Gasteiger partial charge in [0.1, 0.15) is 10.9 Å². The Bertz CT molecular complexity index is 375. The highest BCUT2D eigenvalue weighted by Gasteiger charge is 2.35. The normalized spacial score (nSPS) is 19.2. The van der Waals surface area contributed by atoms with E-state index < -0.39 is 5.92 Å². The molecule has 1 aliphatic carbocycles. The van der Waals surface area contributed by atoms with Crippen molar-refractivity contribution in [2.75, 3.05) is 0 Å². The molecule has 0 amide bonds. The third-order valence-electron chi connectivity index (χ3n) is 2.27. The van der Waals surface area contributed by atoms with E-state index in [0.717, 1.165) is 5.56 Å². The Morgan fingerprint density at radius 1 is 1.54 bits per heavy atom. The molecule has 68 valence electrons. The quantitative estimate of drug-likeness (QED) is 0.630. The highest BCUT2D eigenvalue weighted by Crippen LogP contribution is 2.36. The topological polar surface area (TPSA) is 23.8 Å². The Morgan fingerprint density at radius 2 is 2.31 bits per heavy atom. The number of fused-ring (bicyclic) bond motifs is 1. The number of hydrogen-bond acceptors (Lipinski definition) is 2. The largest absolute Gasteiger partial charge is 0.252 e. The van der Waals surface area contributed by atoms with Crippen LogP contribution >= 0.6 is 11.3 Å². The van der Waals surface area contributed by atoms with E-state index in [1.807, 2.05) is 6.07 Å². The van der Waals surface area contributed by atoms with Crippen LogP contribution in [0.2, 0.25) is 0 Å². The molecule has 0 bridgehead atoms. The van der Waals surface area contributed by atoms with Gasteiger partial charge in [0.15, 0.2) is 0 Å². The van der Waals surface area contributed by atoms with Gasteiger partial charge in [-0.05, 0) is 22.9 Å². The van der Waals surface area contributed by atoms with Gasteiger partial charge in [-0.1, -0.05) is 0 Å². The summed E-state index contributed by atoms with van der Waals surface area (Å²) in [7, 11) is 0. The number of halogens is 2. The summed E-state index contributed by atoms with van der Waals surface area (Å²) in [5.41, 5.74) is 1.51. The first kappa shape index (κ1) is 8.64. The lowest BCUT2D eigenvalue weighted by Gasteiger charge is -2.21. The smallest absolute Gasteiger partial charge is 0.207 e. The summed E-state index contributed by atoms with van der Waals surface area (Å²) >= 11 is 1.27. The van der Waals surface area contributed by atoms with Crippen LogP contribution < -0.4 is 0 Å². The Kier molecular flexibility index (Phi) is 1.85. The first-order valence-electron chi connectivity index (χ1n) is 3.99. The van der Waals surface area contributed by atoms with Crippen LogP contribution in [0.25, 0.3) is 0 Å². The third kappa shape index (κ3) is 1.44. The van der Waals surface area contributed by atoms with Crippen molar-refractivity contribution in [1.82, 2.24) is 0 Å². The fourth-order valence-electron chi connectivity index (χ4n) is 1.61. The van der Waals surface area contributed by atoms with Gasteiger partial charge in [-0.15, -0.1) is 11.3 Å². The Hall–Kier alpha value is -0.950. The number of hydrogen-bond donors (Lipinski definition) is 0. The summed E-state index contributed by atoms with van der Waals surface area (Å²) in [4.78, 5) is 0.602. The van der Waals surface area contributed by atoms with E-state index in [0.29, 0.717) is 16.9 Å². The third-order valence-corrected chi connectivity index (χ3v) is 3.25. The van der Waals surface area contributed by atoms with Gasteiger partial charge in [0.25, 0.3) is 5.92 Å². The Morgan fingerprint density at radius 3 is 3.00 bits per heavy atom. The molecular formula is C9H7F2NS. The van der Waals surface area contributed by atoms with Crippen molar-refractivity contribution < 1.29 is 8.78 Å². The minimum absolute atomic E-state index is 0.120. The Balaban J connectivity index is 2.40. The maximum atomic E-state index is 12.9. The molecular weight excluding hydrogens is 192 g/mol. The molecule has 13 heavy (non-hydrogen) atoms. The molecule has 0 aromatic carbocycles. The molecule has 0 unspecified atom stereocenters. The van der Waals surface area contributed by atoms with Crippen molar-refractivity contribution >= 4 is 11.3 Å². The lowest BCUT2D eigenvalue weighted by molar-refractivity contribution is -0.0120. The van der Waals surface area contributed by atoms with Crippen LogP contribution in [-0.2, 0) is 12.8 Å². The first-order valence-corrected chi connectivity index (χ1v) is 4.87. The zero-order valence-electron chi connectivity index (χ0n) is 6.81. The number of rotatable bonds is 0. The standard InChI is InChI=1S/C9H7F2NS/c10-9(11)2-1-7-6(3-9)5-13-8(7)4-12/h5H,1-3H2. The monoisotopic (exact) mass is 199 g/mol. The van der Waals surface area contributed by atoms with E-state index in [2.05, 4.69) is 0 Å². The molecule has 1 aromatic heterocycles. The maximum Gasteiger partial charge on any atom is 0.252 e. The number of nitrogens with zero attached hydrogens (tertiary/aromatic N) is 1. The highest BCUT2D eigenvalue weighted by atomic mass is 32.1. The van der Waals surface area contributed by atoms with E-state index in [9.17, 15) is 8.78 Å². The fourth-order valence-corrected chi connectivity index (χ4v) is 2.52. The predicted octanol–water partition coefficient (Wildman–Crippen LogP) is 2.74. The molecule has 0 aliphatic heterocycles. The zero-order chi connectivity index (χ0) is 9.47. The van der Waals surface area contributed by atoms with Crippen molar-refractivity contribution in [3.8, 4) is 6.07 Å². The average molecular weight is 199 g/mol. The fraction of sp³-hybridized carbons (Fsp3) is 0.444. The molecule has 0 N–H and O–H groups in total. The summed E-state index contributed by atoms with van der Waals surface area (Å²) in [6, 6.07) is 2.04. The van der Waals surface area contributed by atoms with E-state index in [-0.39, 0.29) is 12.8 Å². The summed E-state index contributed by atoms with van der Waals surface area (Å²) in [6.45, 7) is 0.